The van der Waals surface area contributed by atoms with E-state index in [0.717, 1.165) is 16.6 Å². The third kappa shape index (κ3) is 2.17. The van der Waals surface area contributed by atoms with Crippen molar-refractivity contribution in [3.05, 3.63) is 36.0 Å². The van der Waals surface area contributed by atoms with Crippen LogP contribution >= 0.6 is 0 Å². The fraction of sp³-hybridized carbons (Fsp3) is 0.167. The quantitative estimate of drug-likeness (QED) is 0.845. The first kappa shape index (κ1) is 10.6. The highest BCUT2D eigenvalue weighted by Crippen LogP contribution is 2.15. The van der Waals surface area contributed by atoms with E-state index in [1.807, 2.05) is 30.4 Å². The van der Waals surface area contributed by atoms with Crippen LogP contribution in [0, 0.1) is 0 Å². The van der Waals surface area contributed by atoms with Gasteiger partial charge in [-0.1, -0.05) is 18.2 Å². The lowest BCUT2D eigenvalue weighted by atomic mass is 10.2. The Bertz CT molecular complexity index is 523. The topological polar surface area (TPSA) is 61.0 Å². The van der Waals surface area contributed by atoms with Crippen molar-refractivity contribution in [1.82, 2.24) is 9.97 Å². The maximum absolute atomic E-state index is 5.40. The van der Waals surface area contributed by atoms with Crippen LogP contribution in [0.25, 0.3) is 17.1 Å². The van der Waals surface area contributed by atoms with E-state index >= 15 is 0 Å². The van der Waals surface area contributed by atoms with Gasteiger partial charge in [-0.2, -0.15) is 0 Å². The molecule has 1 aromatic heterocycles. The number of methoxy groups -OCH3 is 1. The Labute approximate surface area is 93.8 Å². The molecule has 0 saturated carbocycles. The molecule has 2 rings (SSSR count). The molecule has 82 valence electrons. The molecule has 0 aliphatic carbocycles. The number of nitrogens with two attached hydrogens (primary N) is 1. The molecule has 4 heteroatoms. The number of hydrogen-bond donors (Lipinski definition) is 1. The third-order valence-electron chi connectivity index (χ3n) is 2.20. The van der Waals surface area contributed by atoms with Gasteiger partial charge in [0, 0.05) is 6.54 Å². The van der Waals surface area contributed by atoms with Crippen LogP contribution in [0.4, 0.5) is 0 Å². The van der Waals surface area contributed by atoms with Crippen molar-refractivity contribution in [3.8, 4) is 5.88 Å². The van der Waals surface area contributed by atoms with Crippen LogP contribution in [0.2, 0.25) is 0 Å². The summed E-state index contributed by atoms with van der Waals surface area (Å²) in [4.78, 5) is 8.55. The molecule has 0 bridgehead atoms. The van der Waals surface area contributed by atoms with E-state index in [-0.39, 0.29) is 0 Å². The van der Waals surface area contributed by atoms with Gasteiger partial charge in [-0.25, -0.2) is 9.97 Å². The molecule has 0 aliphatic heterocycles. The van der Waals surface area contributed by atoms with Gasteiger partial charge in [0.25, 0.3) is 0 Å². The Morgan fingerprint density at radius 1 is 1.38 bits per heavy atom. The van der Waals surface area contributed by atoms with Crippen molar-refractivity contribution < 1.29 is 4.74 Å². The zero-order valence-electron chi connectivity index (χ0n) is 9.05. The standard InChI is InChI=1S/C12H13N3O/c1-16-12-8-14-11-7-9(3-2-6-13)4-5-10(11)15-12/h2-5,7-8H,6,13H2,1H3/b3-2+. The number of ether oxygens (including phenoxy) is 1. The molecule has 1 aromatic carbocycles. The van der Waals surface area contributed by atoms with E-state index in [0.29, 0.717) is 12.4 Å². The Morgan fingerprint density at radius 2 is 2.25 bits per heavy atom. The van der Waals surface area contributed by atoms with Crippen LogP contribution in [0.5, 0.6) is 5.88 Å². The van der Waals surface area contributed by atoms with Crippen molar-refractivity contribution in [2.75, 3.05) is 13.7 Å². The smallest absolute Gasteiger partial charge is 0.232 e. The predicted molar refractivity (Wildman–Crippen MR) is 64.2 cm³/mol. The molecular weight excluding hydrogens is 202 g/mol. The summed E-state index contributed by atoms with van der Waals surface area (Å²) in [5.41, 5.74) is 8.13. The van der Waals surface area contributed by atoms with Gasteiger partial charge in [-0.3, -0.25) is 0 Å². The van der Waals surface area contributed by atoms with E-state index in [1.54, 1.807) is 13.3 Å². The average Bonchev–Trinajstić information content (AvgIpc) is 2.35. The van der Waals surface area contributed by atoms with Crippen molar-refractivity contribution in [2.24, 2.45) is 5.73 Å². The molecule has 4 nitrogen and oxygen atoms in total. The minimum atomic E-state index is 0.526. The molecule has 16 heavy (non-hydrogen) atoms. The SMILES string of the molecule is COc1cnc2cc(/C=C/CN)ccc2n1. The molecule has 0 radical (unpaired) electrons. The van der Waals surface area contributed by atoms with Crippen LogP contribution < -0.4 is 10.5 Å². The molecular formula is C12H13N3O. The summed E-state index contributed by atoms with van der Waals surface area (Å²) < 4.78 is 5.01. The zero-order valence-corrected chi connectivity index (χ0v) is 9.05. The number of nitrogens with zero attached hydrogens (tertiary/aromatic N) is 2. The van der Waals surface area contributed by atoms with Crippen LogP contribution in [-0.2, 0) is 0 Å². The van der Waals surface area contributed by atoms with Gasteiger partial charge in [0.05, 0.1) is 24.3 Å². The van der Waals surface area contributed by atoms with Crippen LogP contribution in [-0.4, -0.2) is 23.6 Å². The van der Waals surface area contributed by atoms with Crippen molar-refractivity contribution in [2.45, 2.75) is 0 Å². The zero-order chi connectivity index (χ0) is 11.4. The van der Waals surface area contributed by atoms with Gasteiger partial charge in [0.2, 0.25) is 5.88 Å². The van der Waals surface area contributed by atoms with Crippen molar-refractivity contribution in [3.63, 3.8) is 0 Å². The van der Waals surface area contributed by atoms with Gasteiger partial charge < -0.3 is 10.5 Å². The lowest BCUT2D eigenvalue weighted by molar-refractivity contribution is 0.397. The summed E-state index contributed by atoms with van der Waals surface area (Å²) in [5.74, 6) is 0.526. The lowest BCUT2D eigenvalue weighted by Crippen LogP contribution is -1.92. The van der Waals surface area contributed by atoms with Crippen molar-refractivity contribution >= 4 is 17.1 Å². The van der Waals surface area contributed by atoms with E-state index in [1.165, 1.54) is 0 Å². The Kier molecular flexibility index (Phi) is 3.12. The first-order valence-corrected chi connectivity index (χ1v) is 5.01. The molecule has 0 atom stereocenters. The monoisotopic (exact) mass is 215 g/mol. The highest BCUT2D eigenvalue weighted by Gasteiger charge is 1.99. The Morgan fingerprint density at radius 3 is 3.00 bits per heavy atom. The van der Waals surface area contributed by atoms with Gasteiger partial charge in [0.15, 0.2) is 0 Å². The molecule has 2 N–H and O–H groups in total. The molecule has 2 aromatic rings. The van der Waals surface area contributed by atoms with Gasteiger partial charge >= 0.3 is 0 Å². The molecule has 0 aliphatic rings. The number of rotatable bonds is 3. The first-order valence-electron chi connectivity index (χ1n) is 5.01. The predicted octanol–water partition coefficient (Wildman–Crippen LogP) is 1.61. The van der Waals surface area contributed by atoms with E-state index < -0.39 is 0 Å². The number of hydrogen-bond acceptors (Lipinski definition) is 4. The Hall–Kier alpha value is -1.94. The summed E-state index contributed by atoms with van der Waals surface area (Å²) in [6.07, 6.45) is 5.47. The van der Waals surface area contributed by atoms with Crippen molar-refractivity contribution in [1.29, 1.82) is 0 Å². The summed E-state index contributed by atoms with van der Waals surface area (Å²) in [7, 11) is 1.58. The normalized spacial score (nSPS) is 11.1. The van der Waals surface area contributed by atoms with Gasteiger partial charge in [0.1, 0.15) is 0 Å². The van der Waals surface area contributed by atoms with E-state index in [9.17, 15) is 0 Å². The van der Waals surface area contributed by atoms with E-state index in [4.69, 9.17) is 10.5 Å². The fourth-order valence-corrected chi connectivity index (χ4v) is 1.42. The highest BCUT2D eigenvalue weighted by atomic mass is 16.5. The molecule has 0 amide bonds. The largest absolute Gasteiger partial charge is 0.480 e. The van der Waals surface area contributed by atoms with Crippen LogP contribution in [0.1, 0.15) is 5.56 Å². The highest BCUT2D eigenvalue weighted by molar-refractivity contribution is 5.77. The number of benzene rings is 1. The second-order valence-electron chi connectivity index (χ2n) is 3.30. The minimum absolute atomic E-state index is 0.526. The third-order valence-corrected chi connectivity index (χ3v) is 2.20. The summed E-state index contributed by atoms with van der Waals surface area (Å²) >= 11 is 0. The lowest BCUT2D eigenvalue weighted by Gasteiger charge is -2.01. The van der Waals surface area contributed by atoms with Gasteiger partial charge in [-0.05, 0) is 17.7 Å². The molecule has 0 unspecified atom stereocenters. The summed E-state index contributed by atoms with van der Waals surface area (Å²) in [6, 6.07) is 5.86. The number of aromatic nitrogens is 2. The molecule has 1 heterocycles. The Balaban J connectivity index is 2.43. The average molecular weight is 215 g/mol. The second-order valence-corrected chi connectivity index (χ2v) is 3.30. The molecule has 0 fully saturated rings. The first-order chi connectivity index (χ1) is 7.83. The maximum Gasteiger partial charge on any atom is 0.232 e. The maximum atomic E-state index is 5.40. The minimum Gasteiger partial charge on any atom is -0.480 e. The van der Waals surface area contributed by atoms with Crippen LogP contribution in [0.15, 0.2) is 30.5 Å². The molecule has 0 spiro atoms. The van der Waals surface area contributed by atoms with Crippen LogP contribution in [0.3, 0.4) is 0 Å². The summed E-state index contributed by atoms with van der Waals surface area (Å²) in [6.45, 7) is 0.534. The summed E-state index contributed by atoms with van der Waals surface area (Å²) in [5, 5.41) is 0. The number of fused-ring (bicyclic) bond motifs is 1. The fourth-order valence-electron chi connectivity index (χ4n) is 1.42. The van der Waals surface area contributed by atoms with E-state index in [2.05, 4.69) is 9.97 Å². The molecule has 0 saturated heterocycles. The second kappa shape index (κ2) is 4.72. The van der Waals surface area contributed by atoms with Gasteiger partial charge in [-0.15, -0.1) is 0 Å².